The molecule has 1 saturated heterocycles. The van der Waals surface area contributed by atoms with Crippen LogP contribution in [0.3, 0.4) is 0 Å². The zero-order valence-corrected chi connectivity index (χ0v) is 15.3. The summed E-state index contributed by atoms with van der Waals surface area (Å²) in [6.07, 6.45) is 2.96. The van der Waals surface area contributed by atoms with Crippen molar-refractivity contribution in [3.63, 3.8) is 0 Å². The molecule has 1 unspecified atom stereocenters. The van der Waals surface area contributed by atoms with Crippen molar-refractivity contribution in [2.45, 2.75) is 50.8 Å². The predicted molar refractivity (Wildman–Crippen MR) is 89.4 cm³/mol. The molecular weight excluding hydrogens is 326 g/mol. The average Bonchev–Trinajstić information content (AvgIpc) is 2.73. The molecule has 0 bridgehead atoms. The number of alkyl halides is 1. The molecule has 1 aliphatic rings. The normalized spacial score (nSPS) is 22.2. The maximum absolute atomic E-state index is 12.8. The zero-order valence-electron chi connectivity index (χ0n) is 12.9. The molecule has 2 heterocycles. The fourth-order valence-corrected chi connectivity index (χ4v) is 6.14. The van der Waals surface area contributed by atoms with Crippen LogP contribution < -0.4 is 0 Å². The summed E-state index contributed by atoms with van der Waals surface area (Å²) in [6, 6.07) is 1.68. The Kier molecular flexibility index (Phi) is 5.40. The Morgan fingerprint density at radius 2 is 2.05 bits per heavy atom. The maximum atomic E-state index is 12.8. The van der Waals surface area contributed by atoms with E-state index >= 15 is 0 Å². The van der Waals surface area contributed by atoms with Crippen LogP contribution in [0, 0.1) is 11.3 Å². The van der Waals surface area contributed by atoms with E-state index in [1.54, 1.807) is 15.8 Å². The van der Waals surface area contributed by atoms with Gasteiger partial charge in [0, 0.05) is 18.0 Å². The molecule has 0 aromatic carbocycles. The third kappa shape index (κ3) is 3.81. The fraction of sp³-hybridized carbons (Fsp3) is 0.733. The van der Waals surface area contributed by atoms with E-state index in [2.05, 4.69) is 20.8 Å². The molecular formula is C15H24ClNO2S2. The molecule has 6 heteroatoms. The predicted octanol–water partition coefficient (Wildman–Crippen LogP) is 4.32. The first-order valence-corrected chi connectivity index (χ1v) is 10.2. The third-order valence-electron chi connectivity index (χ3n) is 4.36. The first-order valence-electron chi connectivity index (χ1n) is 7.39. The van der Waals surface area contributed by atoms with Gasteiger partial charge in [-0.3, -0.25) is 0 Å². The highest BCUT2D eigenvalue weighted by Gasteiger charge is 2.33. The van der Waals surface area contributed by atoms with Gasteiger partial charge < -0.3 is 0 Å². The molecule has 2 rings (SSSR count). The van der Waals surface area contributed by atoms with E-state index in [4.69, 9.17) is 11.6 Å². The van der Waals surface area contributed by atoms with Crippen LogP contribution in [-0.4, -0.2) is 25.8 Å². The number of halogens is 1. The fourth-order valence-electron chi connectivity index (χ4n) is 2.97. The highest BCUT2D eigenvalue weighted by Crippen LogP contribution is 2.36. The molecule has 0 spiro atoms. The van der Waals surface area contributed by atoms with Crippen molar-refractivity contribution < 1.29 is 8.42 Å². The maximum Gasteiger partial charge on any atom is 0.244 e. The molecule has 0 N–H and O–H groups in total. The van der Waals surface area contributed by atoms with Gasteiger partial charge in [0.25, 0.3) is 0 Å². The smallest absolute Gasteiger partial charge is 0.207 e. The van der Waals surface area contributed by atoms with Gasteiger partial charge in [-0.1, -0.05) is 20.8 Å². The number of hydrogen-bond acceptors (Lipinski definition) is 3. The van der Waals surface area contributed by atoms with Crippen LogP contribution in [0.4, 0.5) is 0 Å². The molecule has 21 heavy (non-hydrogen) atoms. The lowest BCUT2D eigenvalue weighted by Gasteiger charge is -2.29. The van der Waals surface area contributed by atoms with E-state index in [9.17, 15) is 8.42 Å². The minimum Gasteiger partial charge on any atom is -0.207 e. The molecule has 1 atom stereocenters. The van der Waals surface area contributed by atoms with Crippen LogP contribution >= 0.6 is 22.9 Å². The Morgan fingerprint density at radius 3 is 2.67 bits per heavy atom. The molecule has 0 radical (unpaired) electrons. The number of sulfonamides is 1. The molecule has 1 aliphatic heterocycles. The van der Waals surface area contributed by atoms with Gasteiger partial charge in [-0.15, -0.1) is 22.9 Å². The van der Waals surface area contributed by atoms with Gasteiger partial charge in [0.2, 0.25) is 10.0 Å². The van der Waals surface area contributed by atoms with Crippen molar-refractivity contribution in [3.8, 4) is 0 Å². The van der Waals surface area contributed by atoms with Crippen LogP contribution in [0.2, 0.25) is 0 Å². The Hall–Kier alpha value is -0.100. The SMILES string of the molecule is CC(C)(C)C1CCCN(S(=O)(=O)c2ccsc2CCl)CC1. The summed E-state index contributed by atoms with van der Waals surface area (Å²) in [7, 11) is -3.39. The van der Waals surface area contributed by atoms with Crippen molar-refractivity contribution >= 4 is 33.0 Å². The zero-order chi connectivity index (χ0) is 15.7. The standard InChI is InChI=1S/C15H24ClNO2S2/c1-15(2,3)12-5-4-8-17(9-6-12)21(18,19)14-7-10-20-13(14)11-16/h7,10,12H,4-6,8-9,11H2,1-3H3. The second-order valence-electron chi connectivity index (χ2n) is 6.74. The molecule has 1 aromatic heterocycles. The van der Waals surface area contributed by atoms with Gasteiger partial charge >= 0.3 is 0 Å². The summed E-state index contributed by atoms with van der Waals surface area (Å²) < 4.78 is 27.3. The third-order valence-corrected chi connectivity index (χ3v) is 7.81. The number of hydrogen-bond donors (Lipinski definition) is 0. The molecule has 120 valence electrons. The van der Waals surface area contributed by atoms with Crippen LogP contribution in [0.1, 0.15) is 44.9 Å². The Bertz CT molecular complexity index is 575. The van der Waals surface area contributed by atoms with Crippen molar-refractivity contribution in [3.05, 3.63) is 16.3 Å². The van der Waals surface area contributed by atoms with Crippen LogP contribution in [0.25, 0.3) is 0 Å². The first-order chi connectivity index (χ1) is 9.76. The number of thiophene rings is 1. The number of nitrogens with zero attached hydrogens (tertiary/aromatic N) is 1. The van der Waals surface area contributed by atoms with Gasteiger partial charge in [-0.2, -0.15) is 4.31 Å². The largest absolute Gasteiger partial charge is 0.244 e. The van der Waals surface area contributed by atoms with Crippen LogP contribution in [0.5, 0.6) is 0 Å². The van der Waals surface area contributed by atoms with Crippen molar-refractivity contribution in [2.24, 2.45) is 11.3 Å². The lowest BCUT2D eigenvalue weighted by molar-refractivity contribution is 0.217. The minimum absolute atomic E-state index is 0.240. The number of rotatable bonds is 3. The summed E-state index contributed by atoms with van der Waals surface area (Å²) in [5.74, 6) is 0.831. The van der Waals surface area contributed by atoms with E-state index in [0.717, 1.165) is 24.1 Å². The van der Waals surface area contributed by atoms with Crippen molar-refractivity contribution in [1.82, 2.24) is 4.31 Å². The average molecular weight is 350 g/mol. The van der Waals surface area contributed by atoms with E-state index in [1.165, 1.54) is 11.3 Å². The Labute approximate surface area is 137 Å². The monoisotopic (exact) mass is 349 g/mol. The Balaban J connectivity index is 2.19. The van der Waals surface area contributed by atoms with E-state index in [1.807, 2.05) is 0 Å². The summed E-state index contributed by atoms with van der Waals surface area (Å²) in [6.45, 7) is 7.96. The molecule has 1 aromatic rings. The van der Waals surface area contributed by atoms with Crippen molar-refractivity contribution in [1.29, 1.82) is 0 Å². The molecule has 3 nitrogen and oxygen atoms in total. The quantitative estimate of drug-likeness (QED) is 0.762. The topological polar surface area (TPSA) is 37.4 Å². The molecule has 0 aliphatic carbocycles. The van der Waals surface area contributed by atoms with Crippen LogP contribution in [-0.2, 0) is 15.9 Å². The van der Waals surface area contributed by atoms with E-state index in [-0.39, 0.29) is 11.3 Å². The van der Waals surface area contributed by atoms with Gasteiger partial charge in [0.05, 0.1) is 10.8 Å². The lowest BCUT2D eigenvalue weighted by atomic mass is 9.77. The van der Waals surface area contributed by atoms with Gasteiger partial charge in [-0.05, 0) is 42.0 Å². The molecule has 1 fully saturated rings. The van der Waals surface area contributed by atoms with Gasteiger partial charge in [0.15, 0.2) is 0 Å². The van der Waals surface area contributed by atoms with Gasteiger partial charge in [-0.25, -0.2) is 8.42 Å². The summed E-state index contributed by atoms with van der Waals surface area (Å²) >= 11 is 7.27. The second kappa shape index (κ2) is 6.57. The van der Waals surface area contributed by atoms with Crippen LogP contribution in [0.15, 0.2) is 16.3 Å². The van der Waals surface area contributed by atoms with E-state index in [0.29, 0.717) is 23.9 Å². The summed E-state index contributed by atoms with van der Waals surface area (Å²) in [5.41, 5.74) is 0.240. The first kappa shape index (κ1) is 17.3. The van der Waals surface area contributed by atoms with Crippen molar-refractivity contribution in [2.75, 3.05) is 13.1 Å². The summed E-state index contributed by atoms with van der Waals surface area (Å²) in [5, 5.41) is 1.81. The lowest BCUT2D eigenvalue weighted by Crippen LogP contribution is -2.32. The highest BCUT2D eigenvalue weighted by molar-refractivity contribution is 7.89. The highest BCUT2D eigenvalue weighted by atomic mass is 35.5. The van der Waals surface area contributed by atoms with Gasteiger partial charge in [0.1, 0.15) is 0 Å². The molecule has 0 saturated carbocycles. The second-order valence-corrected chi connectivity index (χ2v) is 9.91. The van der Waals surface area contributed by atoms with E-state index < -0.39 is 10.0 Å². The molecule has 0 amide bonds. The summed E-state index contributed by atoms with van der Waals surface area (Å²) in [4.78, 5) is 1.14. The minimum atomic E-state index is -3.39. The Morgan fingerprint density at radius 1 is 1.33 bits per heavy atom.